The third-order valence-electron chi connectivity index (χ3n) is 2.78. The molecule has 7 heteroatoms. The second-order valence-electron chi connectivity index (χ2n) is 4.37. The van der Waals surface area contributed by atoms with Crippen LogP contribution in [0.25, 0.3) is 6.08 Å². The van der Waals surface area contributed by atoms with E-state index in [0.29, 0.717) is 6.42 Å². The van der Waals surface area contributed by atoms with Gasteiger partial charge < -0.3 is 10.4 Å². The zero-order chi connectivity index (χ0) is 16.0. The highest BCUT2D eigenvalue weighted by atomic mass is 35.5. The molecule has 1 rings (SSSR count). The summed E-state index contributed by atoms with van der Waals surface area (Å²) >= 11 is 5.50. The minimum atomic E-state index is -4.55. The summed E-state index contributed by atoms with van der Waals surface area (Å²) in [6.45, 7) is 1.59. The fourth-order valence-electron chi connectivity index (χ4n) is 1.56. The van der Waals surface area contributed by atoms with Crippen LogP contribution in [0.15, 0.2) is 24.3 Å². The molecule has 116 valence electrons. The fourth-order valence-corrected chi connectivity index (χ4v) is 1.79. The van der Waals surface area contributed by atoms with Crippen molar-refractivity contribution in [1.29, 1.82) is 0 Å². The van der Waals surface area contributed by atoms with E-state index in [1.807, 2.05) is 0 Å². The standard InChI is InChI=1S/C14H15ClF3NO2/c1-2-10(8-20)19-13(21)6-4-9-3-5-12(15)11(7-9)14(16,17)18/h3-7,10,20H,2,8H2,1H3,(H,19,21)/b6-4+. The Morgan fingerprint density at radius 3 is 2.67 bits per heavy atom. The quantitative estimate of drug-likeness (QED) is 0.818. The first-order chi connectivity index (χ1) is 9.77. The van der Waals surface area contributed by atoms with E-state index in [2.05, 4.69) is 5.32 Å². The number of aliphatic hydroxyl groups is 1. The minimum Gasteiger partial charge on any atom is -0.394 e. The van der Waals surface area contributed by atoms with Crippen molar-refractivity contribution in [2.75, 3.05) is 6.61 Å². The molecular weight excluding hydrogens is 307 g/mol. The van der Waals surface area contributed by atoms with Gasteiger partial charge in [-0.05, 0) is 30.2 Å². The summed E-state index contributed by atoms with van der Waals surface area (Å²) in [7, 11) is 0. The van der Waals surface area contributed by atoms with Crippen molar-refractivity contribution in [3.05, 3.63) is 40.4 Å². The molecule has 0 aliphatic carbocycles. The van der Waals surface area contributed by atoms with Gasteiger partial charge in [0.25, 0.3) is 0 Å². The van der Waals surface area contributed by atoms with Crippen LogP contribution in [-0.4, -0.2) is 23.7 Å². The van der Waals surface area contributed by atoms with E-state index >= 15 is 0 Å². The van der Waals surface area contributed by atoms with Crippen LogP contribution >= 0.6 is 11.6 Å². The summed E-state index contributed by atoms with van der Waals surface area (Å²) in [5, 5.41) is 11.1. The Labute approximate surface area is 125 Å². The van der Waals surface area contributed by atoms with Crippen molar-refractivity contribution in [3.63, 3.8) is 0 Å². The van der Waals surface area contributed by atoms with Crippen LogP contribution in [0.2, 0.25) is 5.02 Å². The van der Waals surface area contributed by atoms with Gasteiger partial charge >= 0.3 is 6.18 Å². The van der Waals surface area contributed by atoms with Gasteiger partial charge in [-0.2, -0.15) is 13.2 Å². The van der Waals surface area contributed by atoms with Gasteiger partial charge in [-0.3, -0.25) is 4.79 Å². The average molecular weight is 322 g/mol. The normalized spacial score (nSPS) is 13.4. The van der Waals surface area contributed by atoms with Crippen molar-refractivity contribution >= 4 is 23.6 Å². The molecule has 0 spiro atoms. The number of carbonyl (C=O) groups is 1. The Kier molecular flexibility index (Phi) is 6.23. The van der Waals surface area contributed by atoms with Gasteiger partial charge in [-0.15, -0.1) is 0 Å². The van der Waals surface area contributed by atoms with E-state index in [-0.39, 0.29) is 18.2 Å². The molecule has 1 unspecified atom stereocenters. The van der Waals surface area contributed by atoms with Crippen molar-refractivity contribution < 1.29 is 23.1 Å². The number of halogens is 4. The molecule has 0 radical (unpaired) electrons. The van der Waals surface area contributed by atoms with Gasteiger partial charge in [-0.25, -0.2) is 0 Å². The summed E-state index contributed by atoms with van der Waals surface area (Å²) in [6, 6.07) is 3.00. The second-order valence-corrected chi connectivity index (χ2v) is 4.77. The maximum absolute atomic E-state index is 12.7. The first kappa shape index (κ1) is 17.5. The molecule has 1 aromatic rings. The number of carbonyl (C=O) groups excluding carboxylic acids is 1. The topological polar surface area (TPSA) is 49.3 Å². The molecular formula is C14H15ClF3NO2. The molecule has 0 aliphatic heterocycles. The Hall–Kier alpha value is -1.53. The Morgan fingerprint density at radius 2 is 2.14 bits per heavy atom. The smallest absolute Gasteiger partial charge is 0.394 e. The maximum Gasteiger partial charge on any atom is 0.417 e. The summed E-state index contributed by atoms with van der Waals surface area (Å²) in [6.07, 6.45) is -1.63. The molecule has 0 heterocycles. The van der Waals surface area contributed by atoms with Gasteiger partial charge in [-0.1, -0.05) is 24.6 Å². The first-order valence-corrected chi connectivity index (χ1v) is 6.62. The van der Waals surface area contributed by atoms with Gasteiger partial charge in [0.05, 0.1) is 23.2 Å². The Bertz CT molecular complexity index is 525. The number of alkyl halides is 3. The lowest BCUT2D eigenvalue weighted by Gasteiger charge is -2.12. The van der Waals surface area contributed by atoms with Crippen LogP contribution in [0.1, 0.15) is 24.5 Å². The van der Waals surface area contributed by atoms with E-state index in [9.17, 15) is 18.0 Å². The molecule has 2 N–H and O–H groups in total. The molecule has 0 fully saturated rings. The number of amides is 1. The number of aliphatic hydroxyl groups excluding tert-OH is 1. The highest BCUT2D eigenvalue weighted by Crippen LogP contribution is 2.35. The number of hydrogen-bond acceptors (Lipinski definition) is 2. The predicted octanol–water partition coefficient (Wildman–Crippen LogP) is 3.26. The lowest BCUT2D eigenvalue weighted by atomic mass is 10.1. The number of nitrogens with one attached hydrogen (secondary N) is 1. The summed E-state index contributed by atoms with van der Waals surface area (Å²) < 4.78 is 38.0. The van der Waals surface area contributed by atoms with Crippen LogP contribution in [-0.2, 0) is 11.0 Å². The molecule has 0 aliphatic rings. The van der Waals surface area contributed by atoms with E-state index in [1.54, 1.807) is 6.92 Å². The van der Waals surface area contributed by atoms with Crippen molar-refractivity contribution in [3.8, 4) is 0 Å². The third-order valence-corrected chi connectivity index (χ3v) is 3.11. The SMILES string of the molecule is CCC(CO)NC(=O)/C=C/c1ccc(Cl)c(C(F)(F)F)c1. The van der Waals surface area contributed by atoms with Gasteiger partial charge in [0, 0.05) is 6.08 Å². The number of hydrogen-bond donors (Lipinski definition) is 2. The highest BCUT2D eigenvalue weighted by molar-refractivity contribution is 6.31. The van der Waals surface area contributed by atoms with Crippen molar-refractivity contribution in [2.45, 2.75) is 25.6 Å². The maximum atomic E-state index is 12.7. The molecule has 1 atom stereocenters. The fraction of sp³-hybridized carbons (Fsp3) is 0.357. The Morgan fingerprint density at radius 1 is 1.48 bits per heavy atom. The predicted molar refractivity (Wildman–Crippen MR) is 74.8 cm³/mol. The molecule has 1 amide bonds. The van der Waals surface area contributed by atoms with Crippen LogP contribution in [0.4, 0.5) is 13.2 Å². The molecule has 0 aromatic heterocycles. The monoisotopic (exact) mass is 321 g/mol. The average Bonchev–Trinajstić information content (AvgIpc) is 2.42. The largest absolute Gasteiger partial charge is 0.417 e. The molecule has 0 saturated heterocycles. The first-order valence-electron chi connectivity index (χ1n) is 6.24. The molecule has 0 bridgehead atoms. The van der Waals surface area contributed by atoms with E-state index in [4.69, 9.17) is 16.7 Å². The van der Waals surface area contributed by atoms with Gasteiger partial charge in [0.1, 0.15) is 0 Å². The van der Waals surface area contributed by atoms with E-state index < -0.39 is 22.7 Å². The zero-order valence-electron chi connectivity index (χ0n) is 11.2. The van der Waals surface area contributed by atoms with Crippen LogP contribution in [0.5, 0.6) is 0 Å². The van der Waals surface area contributed by atoms with Crippen LogP contribution in [0, 0.1) is 0 Å². The van der Waals surface area contributed by atoms with Gasteiger partial charge in [0.2, 0.25) is 5.91 Å². The summed E-state index contributed by atoms with van der Waals surface area (Å²) in [5.41, 5.74) is -0.743. The number of benzene rings is 1. The van der Waals surface area contributed by atoms with E-state index in [1.165, 1.54) is 12.1 Å². The number of rotatable bonds is 5. The zero-order valence-corrected chi connectivity index (χ0v) is 12.0. The minimum absolute atomic E-state index is 0.199. The van der Waals surface area contributed by atoms with Crippen molar-refractivity contribution in [2.24, 2.45) is 0 Å². The summed E-state index contributed by atoms with van der Waals surface area (Å²) in [5.74, 6) is -0.487. The third kappa shape index (κ3) is 5.40. The van der Waals surface area contributed by atoms with Gasteiger partial charge in [0.15, 0.2) is 0 Å². The summed E-state index contributed by atoms with van der Waals surface area (Å²) in [4.78, 5) is 11.5. The molecule has 0 saturated carbocycles. The molecule has 21 heavy (non-hydrogen) atoms. The molecule has 3 nitrogen and oxygen atoms in total. The van der Waals surface area contributed by atoms with E-state index in [0.717, 1.165) is 18.2 Å². The lowest BCUT2D eigenvalue weighted by Crippen LogP contribution is -2.35. The highest BCUT2D eigenvalue weighted by Gasteiger charge is 2.33. The van der Waals surface area contributed by atoms with Crippen molar-refractivity contribution in [1.82, 2.24) is 5.32 Å². The lowest BCUT2D eigenvalue weighted by molar-refractivity contribution is -0.137. The second kappa shape index (κ2) is 7.47. The Balaban J connectivity index is 2.84. The molecule has 1 aromatic carbocycles. The van der Waals surface area contributed by atoms with Crippen LogP contribution < -0.4 is 5.32 Å². The van der Waals surface area contributed by atoms with Crippen LogP contribution in [0.3, 0.4) is 0 Å².